The van der Waals surface area contributed by atoms with Gasteiger partial charge in [-0.15, -0.1) is 0 Å². The van der Waals surface area contributed by atoms with E-state index >= 15 is 0 Å². The van der Waals surface area contributed by atoms with E-state index in [4.69, 9.17) is 4.74 Å². The summed E-state index contributed by atoms with van der Waals surface area (Å²) < 4.78 is 35.7. The molecule has 1 fully saturated rings. The van der Waals surface area contributed by atoms with E-state index in [1.807, 2.05) is 32.0 Å². The van der Waals surface area contributed by atoms with Crippen molar-refractivity contribution in [2.75, 3.05) is 30.9 Å². The molecule has 0 radical (unpaired) electrons. The largest absolute Gasteiger partial charge is 0.471 e. The van der Waals surface area contributed by atoms with Crippen molar-refractivity contribution in [1.29, 1.82) is 0 Å². The van der Waals surface area contributed by atoms with Gasteiger partial charge in [0, 0.05) is 42.9 Å². The molecule has 39 heavy (non-hydrogen) atoms. The third-order valence-electron chi connectivity index (χ3n) is 7.61. The number of fused-ring (bicyclic) bond motifs is 6. The molecule has 0 saturated carbocycles. The molecule has 0 aliphatic carbocycles. The van der Waals surface area contributed by atoms with E-state index in [2.05, 4.69) is 33.4 Å². The van der Waals surface area contributed by atoms with E-state index in [9.17, 15) is 13.2 Å². The maximum Gasteiger partial charge on any atom is 0.264 e. The first-order valence-electron chi connectivity index (χ1n) is 13.5. The van der Waals surface area contributed by atoms with Crippen LogP contribution in [-0.2, 0) is 10.0 Å². The smallest absolute Gasteiger partial charge is 0.264 e. The molecule has 1 aromatic heterocycles. The molecule has 2 aliphatic heterocycles. The fourth-order valence-corrected chi connectivity index (χ4v) is 6.59. The topological polar surface area (TPSA) is 105 Å². The number of rotatable bonds is 4. The third kappa shape index (κ3) is 5.62. The lowest BCUT2D eigenvalue weighted by atomic mass is 10.00. The Labute approximate surface area is 230 Å². The lowest BCUT2D eigenvalue weighted by molar-refractivity contribution is 0.0686. The van der Waals surface area contributed by atoms with Crippen LogP contribution in [0.25, 0.3) is 11.3 Å². The maximum absolute atomic E-state index is 13.6. The molecule has 6 bridgehead atoms. The number of ether oxygens (including phenoxy) is 1. The summed E-state index contributed by atoms with van der Waals surface area (Å²) in [5, 5.41) is 0. The van der Waals surface area contributed by atoms with Crippen LogP contribution in [0.1, 0.15) is 48.2 Å². The van der Waals surface area contributed by atoms with Crippen LogP contribution in [0.15, 0.2) is 53.4 Å². The van der Waals surface area contributed by atoms with Gasteiger partial charge in [-0.3, -0.25) is 9.69 Å². The van der Waals surface area contributed by atoms with Crippen LogP contribution in [0.3, 0.4) is 0 Å². The van der Waals surface area contributed by atoms with Crippen LogP contribution < -0.4 is 9.46 Å². The van der Waals surface area contributed by atoms with Crippen molar-refractivity contribution in [3.63, 3.8) is 0 Å². The molecule has 1 saturated heterocycles. The molecular formula is C29H35N5O4S. The van der Waals surface area contributed by atoms with E-state index in [0.717, 1.165) is 29.5 Å². The fourth-order valence-electron chi connectivity index (χ4n) is 5.60. The molecule has 2 aromatic carbocycles. The van der Waals surface area contributed by atoms with E-state index in [1.165, 1.54) is 12.1 Å². The first-order chi connectivity index (χ1) is 18.7. The minimum absolute atomic E-state index is 0.0267. The lowest BCUT2D eigenvalue weighted by Crippen LogP contribution is -2.42. The van der Waals surface area contributed by atoms with Gasteiger partial charge < -0.3 is 9.64 Å². The SMILES string of the molecule is CCC(CC)N1CCN2C[C@@H](C1)Oc1cc(-c3c(C)cccc3C)nc(n1)NS(=O)(=O)c1cccc(c1)C2=O. The third-order valence-corrected chi connectivity index (χ3v) is 8.94. The van der Waals surface area contributed by atoms with Gasteiger partial charge in [-0.1, -0.05) is 38.1 Å². The van der Waals surface area contributed by atoms with E-state index < -0.39 is 10.0 Å². The standard InChI is InChI=1S/C29H35N5O4S/c1-5-22(6-2)33-13-14-34-18-23(17-33)38-26-16-25(27-19(3)9-7-10-20(27)4)30-29(31-26)32-39(36,37)24-12-8-11-21(15-24)28(34)35/h7-12,15-16,22-23H,5-6,13-14,17-18H2,1-4H3,(H,30,31,32)/t23-/m1/s1. The van der Waals surface area contributed by atoms with Crippen molar-refractivity contribution >= 4 is 21.9 Å². The van der Waals surface area contributed by atoms with Gasteiger partial charge >= 0.3 is 0 Å². The van der Waals surface area contributed by atoms with Gasteiger partial charge in [0.05, 0.1) is 17.1 Å². The summed E-state index contributed by atoms with van der Waals surface area (Å²) in [6.45, 7) is 10.5. The average molecular weight is 550 g/mol. The summed E-state index contributed by atoms with van der Waals surface area (Å²) >= 11 is 0. The van der Waals surface area contributed by atoms with Crippen molar-refractivity contribution < 1.29 is 17.9 Å². The Morgan fingerprint density at radius 2 is 1.72 bits per heavy atom. The predicted octanol–water partition coefficient (Wildman–Crippen LogP) is 4.27. The predicted molar refractivity (Wildman–Crippen MR) is 150 cm³/mol. The zero-order valence-corrected chi connectivity index (χ0v) is 23.7. The summed E-state index contributed by atoms with van der Waals surface area (Å²) in [5.74, 6) is -0.0427. The number of aromatic nitrogens is 2. The van der Waals surface area contributed by atoms with Gasteiger partial charge in [-0.2, -0.15) is 4.98 Å². The number of sulfonamides is 1. The highest BCUT2D eigenvalue weighted by Crippen LogP contribution is 2.30. The molecular weight excluding hydrogens is 514 g/mol. The molecule has 1 atom stereocenters. The number of nitrogens with one attached hydrogen (secondary N) is 1. The molecule has 5 rings (SSSR count). The minimum atomic E-state index is -4.07. The number of aryl methyl sites for hydroxylation is 2. The zero-order valence-electron chi connectivity index (χ0n) is 22.8. The summed E-state index contributed by atoms with van der Waals surface area (Å²) in [6.07, 6.45) is 1.62. The second-order valence-corrected chi connectivity index (χ2v) is 12.0. The van der Waals surface area contributed by atoms with Gasteiger partial charge in [0.25, 0.3) is 15.9 Å². The number of nitrogens with zero attached hydrogens (tertiary/aromatic N) is 4. The number of anilines is 1. The monoisotopic (exact) mass is 549 g/mol. The van der Waals surface area contributed by atoms with Gasteiger partial charge in [0.15, 0.2) is 0 Å². The lowest BCUT2D eigenvalue weighted by Gasteiger charge is -2.30. The van der Waals surface area contributed by atoms with Gasteiger partial charge in [0.2, 0.25) is 11.8 Å². The Morgan fingerprint density at radius 1 is 1.00 bits per heavy atom. The summed E-state index contributed by atoms with van der Waals surface area (Å²) in [4.78, 5) is 26.8. The Kier molecular flexibility index (Phi) is 7.59. The molecule has 206 valence electrons. The zero-order chi connectivity index (χ0) is 27.7. The highest BCUT2D eigenvalue weighted by atomic mass is 32.2. The number of benzene rings is 2. The van der Waals surface area contributed by atoms with Gasteiger partial charge in [-0.25, -0.2) is 18.1 Å². The normalized spacial score (nSPS) is 19.3. The van der Waals surface area contributed by atoms with Crippen LogP contribution in [0.2, 0.25) is 0 Å². The molecule has 0 unspecified atom stereocenters. The van der Waals surface area contributed by atoms with E-state index in [1.54, 1.807) is 23.1 Å². The van der Waals surface area contributed by atoms with Gasteiger partial charge in [-0.05, 0) is 56.0 Å². The molecule has 1 N–H and O–H groups in total. The first-order valence-corrected chi connectivity index (χ1v) is 14.9. The molecule has 2 aliphatic rings. The summed E-state index contributed by atoms with van der Waals surface area (Å²) in [7, 11) is -4.07. The van der Waals surface area contributed by atoms with Crippen molar-refractivity contribution in [2.24, 2.45) is 0 Å². The average Bonchev–Trinajstić information content (AvgIpc) is 3.11. The number of carbonyl (C=O) groups is 1. The fraction of sp³-hybridized carbons (Fsp3) is 0.414. The molecule has 3 heterocycles. The van der Waals surface area contributed by atoms with E-state index in [-0.39, 0.29) is 28.7 Å². The van der Waals surface area contributed by atoms with Crippen LogP contribution in [0.5, 0.6) is 5.88 Å². The van der Waals surface area contributed by atoms with Crippen molar-refractivity contribution in [3.05, 3.63) is 65.2 Å². The van der Waals surface area contributed by atoms with Crippen molar-refractivity contribution in [2.45, 2.75) is 57.6 Å². The summed E-state index contributed by atoms with van der Waals surface area (Å²) in [6, 6.07) is 14.2. The number of hydrogen-bond donors (Lipinski definition) is 1. The van der Waals surface area contributed by atoms with Crippen LogP contribution in [-0.4, -0.2) is 72.4 Å². The quantitative estimate of drug-likeness (QED) is 0.518. The maximum atomic E-state index is 13.6. The van der Waals surface area contributed by atoms with E-state index in [0.29, 0.717) is 43.5 Å². The Balaban J connectivity index is 1.66. The van der Waals surface area contributed by atoms with Gasteiger partial charge in [0.1, 0.15) is 6.10 Å². The summed E-state index contributed by atoms with van der Waals surface area (Å²) in [5.41, 5.74) is 3.79. The molecule has 9 nitrogen and oxygen atoms in total. The highest BCUT2D eigenvalue weighted by Gasteiger charge is 2.31. The van der Waals surface area contributed by atoms with Crippen LogP contribution >= 0.6 is 0 Å². The van der Waals surface area contributed by atoms with Crippen molar-refractivity contribution in [1.82, 2.24) is 19.8 Å². The molecule has 3 aromatic rings. The molecule has 10 heteroatoms. The Morgan fingerprint density at radius 3 is 2.44 bits per heavy atom. The highest BCUT2D eigenvalue weighted by molar-refractivity contribution is 7.92. The molecule has 1 amide bonds. The Bertz CT molecular complexity index is 1470. The second kappa shape index (κ2) is 10.9. The second-order valence-electron chi connectivity index (χ2n) is 10.3. The Hall–Kier alpha value is -3.50. The molecule has 0 spiro atoms. The number of carbonyl (C=O) groups excluding carboxylic acids is 1. The number of amides is 1. The van der Waals surface area contributed by atoms with Crippen LogP contribution in [0.4, 0.5) is 5.95 Å². The van der Waals surface area contributed by atoms with Crippen molar-refractivity contribution in [3.8, 4) is 17.1 Å². The van der Waals surface area contributed by atoms with Crippen LogP contribution in [0, 0.1) is 13.8 Å². The first kappa shape index (κ1) is 27.1. The minimum Gasteiger partial charge on any atom is -0.471 e. The number of hydrogen-bond acceptors (Lipinski definition) is 7.